The Morgan fingerprint density at radius 2 is 1.68 bits per heavy atom. The number of esters is 1. The number of hydrogen-bond donors (Lipinski definition) is 1. The number of nitrogens with one attached hydrogen (secondary N) is 1. The van der Waals surface area contributed by atoms with Crippen molar-refractivity contribution in [3.05, 3.63) is 87.9 Å². The van der Waals surface area contributed by atoms with Crippen LogP contribution in [-0.2, 0) is 9.53 Å². The van der Waals surface area contributed by atoms with Crippen molar-refractivity contribution in [2.45, 2.75) is 20.0 Å². The van der Waals surface area contributed by atoms with Gasteiger partial charge in [0.1, 0.15) is 0 Å². The number of carbonyl (C=O) groups is 2. The molecule has 0 aliphatic rings. The molecule has 1 aromatic heterocycles. The van der Waals surface area contributed by atoms with Gasteiger partial charge in [0.2, 0.25) is 11.8 Å². The fourth-order valence-corrected chi connectivity index (χ4v) is 3.57. The van der Waals surface area contributed by atoms with Crippen LogP contribution in [-0.4, -0.2) is 28.2 Å². The van der Waals surface area contributed by atoms with Crippen molar-refractivity contribution in [3.8, 4) is 22.9 Å². The molecular weight excluding hydrogens is 477 g/mol. The molecule has 0 radical (unpaired) electrons. The Labute approximate surface area is 205 Å². The second-order valence-corrected chi connectivity index (χ2v) is 8.31. The first-order chi connectivity index (χ1) is 16.3. The van der Waals surface area contributed by atoms with E-state index < -0.39 is 18.0 Å². The van der Waals surface area contributed by atoms with Gasteiger partial charge in [0.05, 0.1) is 16.3 Å². The Kier molecular flexibility index (Phi) is 6.95. The zero-order valence-corrected chi connectivity index (χ0v) is 19.7. The van der Waals surface area contributed by atoms with E-state index in [2.05, 4.69) is 15.5 Å². The number of benzene rings is 3. The lowest BCUT2D eigenvalue weighted by atomic mass is 10.1. The van der Waals surface area contributed by atoms with Crippen LogP contribution in [0, 0.1) is 6.92 Å². The molecule has 1 atom stereocenters. The van der Waals surface area contributed by atoms with E-state index in [1.807, 2.05) is 31.2 Å². The number of aryl methyl sites for hydroxylation is 1. The molecule has 3 aromatic carbocycles. The summed E-state index contributed by atoms with van der Waals surface area (Å²) in [6.45, 7) is 3.43. The van der Waals surface area contributed by atoms with E-state index in [0.717, 1.165) is 11.1 Å². The number of aromatic nitrogens is 2. The minimum atomic E-state index is -1.05. The standard InChI is InChI=1S/C25H19Cl2N3O4/c1-14-5-3-4-6-19(14)24-30-29-23(34-24)16-7-9-17(10-8-16)25(32)33-15(2)22(31)28-21-12-11-18(26)13-20(21)27/h3-13,15H,1-2H3,(H,28,31). The SMILES string of the molecule is Cc1ccccc1-c1nnc(-c2ccc(C(=O)OC(C)C(=O)Nc3ccc(Cl)cc3Cl)cc2)o1. The molecule has 0 saturated heterocycles. The number of nitrogens with zero attached hydrogens (tertiary/aromatic N) is 2. The largest absolute Gasteiger partial charge is 0.449 e. The smallest absolute Gasteiger partial charge is 0.338 e. The third kappa shape index (κ3) is 5.27. The highest BCUT2D eigenvalue weighted by Crippen LogP contribution is 2.27. The molecule has 4 rings (SSSR count). The normalized spacial score (nSPS) is 11.6. The van der Waals surface area contributed by atoms with Gasteiger partial charge in [0.25, 0.3) is 5.91 Å². The van der Waals surface area contributed by atoms with Crippen LogP contribution in [0.1, 0.15) is 22.8 Å². The van der Waals surface area contributed by atoms with Crippen LogP contribution in [0.3, 0.4) is 0 Å². The fourth-order valence-electron chi connectivity index (χ4n) is 3.12. The van der Waals surface area contributed by atoms with Crippen molar-refractivity contribution in [2.75, 3.05) is 5.32 Å². The summed E-state index contributed by atoms with van der Waals surface area (Å²) >= 11 is 11.9. The maximum atomic E-state index is 12.5. The third-order valence-electron chi connectivity index (χ3n) is 5.01. The van der Waals surface area contributed by atoms with Gasteiger partial charge in [-0.15, -0.1) is 10.2 Å². The summed E-state index contributed by atoms with van der Waals surface area (Å²) in [7, 11) is 0. The van der Waals surface area contributed by atoms with Crippen molar-refractivity contribution in [1.82, 2.24) is 10.2 Å². The minimum Gasteiger partial charge on any atom is -0.449 e. The van der Waals surface area contributed by atoms with Crippen molar-refractivity contribution in [3.63, 3.8) is 0 Å². The van der Waals surface area contributed by atoms with E-state index >= 15 is 0 Å². The Balaban J connectivity index is 1.40. The van der Waals surface area contributed by atoms with Crippen LogP contribution < -0.4 is 5.32 Å². The van der Waals surface area contributed by atoms with Crippen LogP contribution in [0.25, 0.3) is 22.9 Å². The quantitative estimate of drug-likeness (QED) is 0.320. The Hall–Kier alpha value is -3.68. The highest BCUT2D eigenvalue weighted by atomic mass is 35.5. The van der Waals surface area contributed by atoms with Gasteiger partial charge in [-0.3, -0.25) is 4.79 Å². The van der Waals surface area contributed by atoms with E-state index in [0.29, 0.717) is 28.1 Å². The number of carbonyl (C=O) groups excluding carboxylic acids is 2. The number of rotatable bonds is 6. The monoisotopic (exact) mass is 495 g/mol. The molecule has 9 heteroatoms. The summed E-state index contributed by atoms with van der Waals surface area (Å²) in [4.78, 5) is 24.9. The molecule has 34 heavy (non-hydrogen) atoms. The highest BCUT2D eigenvalue weighted by molar-refractivity contribution is 6.36. The lowest BCUT2D eigenvalue weighted by Gasteiger charge is -2.14. The average molecular weight is 496 g/mol. The number of amides is 1. The lowest BCUT2D eigenvalue weighted by molar-refractivity contribution is -0.123. The third-order valence-corrected chi connectivity index (χ3v) is 5.56. The van der Waals surface area contributed by atoms with E-state index in [-0.39, 0.29) is 10.6 Å². The molecule has 0 saturated carbocycles. The van der Waals surface area contributed by atoms with Crippen LogP contribution in [0.2, 0.25) is 10.0 Å². The molecule has 0 fully saturated rings. The average Bonchev–Trinajstić information content (AvgIpc) is 3.31. The van der Waals surface area contributed by atoms with E-state index in [1.54, 1.807) is 36.4 Å². The van der Waals surface area contributed by atoms with E-state index in [1.165, 1.54) is 13.0 Å². The van der Waals surface area contributed by atoms with Gasteiger partial charge in [-0.05, 0) is 67.9 Å². The topological polar surface area (TPSA) is 94.3 Å². The van der Waals surface area contributed by atoms with Gasteiger partial charge < -0.3 is 14.5 Å². The molecule has 172 valence electrons. The van der Waals surface area contributed by atoms with Gasteiger partial charge in [0.15, 0.2) is 6.10 Å². The zero-order valence-electron chi connectivity index (χ0n) is 18.2. The van der Waals surface area contributed by atoms with Crippen LogP contribution in [0.5, 0.6) is 0 Å². The molecule has 1 amide bonds. The molecule has 0 aliphatic carbocycles. The van der Waals surface area contributed by atoms with E-state index in [9.17, 15) is 9.59 Å². The zero-order chi connectivity index (χ0) is 24.2. The summed E-state index contributed by atoms with van der Waals surface area (Å²) in [5.74, 6) is -0.436. The number of hydrogen-bond acceptors (Lipinski definition) is 6. The molecule has 0 bridgehead atoms. The molecule has 1 heterocycles. The molecule has 0 aliphatic heterocycles. The van der Waals surface area contributed by atoms with E-state index in [4.69, 9.17) is 32.4 Å². The van der Waals surface area contributed by atoms with Gasteiger partial charge in [0, 0.05) is 16.1 Å². The summed E-state index contributed by atoms with van der Waals surface area (Å²) in [5, 5.41) is 11.5. The predicted molar refractivity (Wildman–Crippen MR) is 130 cm³/mol. The first kappa shape index (κ1) is 23.5. The summed E-state index contributed by atoms with van der Waals surface area (Å²) < 4.78 is 11.1. The van der Waals surface area contributed by atoms with Crippen LogP contribution in [0.15, 0.2) is 71.1 Å². The number of anilines is 1. The van der Waals surface area contributed by atoms with Crippen LogP contribution >= 0.6 is 23.2 Å². The minimum absolute atomic E-state index is 0.270. The van der Waals surface area contributed by atoms with Crippen LogP contribution in [0.4, 0.5) is 5.69 Å². The Morgan fingerprint density at radius 1 is 0.971 bits per heavy atom. The molecule has 7 nitrogen and oxygen atoms in total. The molecule has 1 unspecified atom stereocenters. The lowest BCUT2D eigenvalue weighted by Crippen LogP contribution is -2.30. The second-order valence-electron chi connectivity index (χ2n) is 7.47. The molecule has 1 N–H and O–H groups in total. The maximum absolute atomic E-state index is 12.5. The fraction of sp³-hybridized carbons (Fsp3) is 0.120. The molecule has 4 aromatic rings. The molecular formula is C25H19Cl2N3O4. The molecule has 0 spiro atoms. The van der Waals surface area contributed by atoms with Crippen molar-refractivity contribution >= 4 is 40.8 Å². The number of ether oxygens (including phenoxy) is 1. The maximum Gasteiger partial charge on any atom is 0.338 e. The van der Waals surface area contributed by atoms with Gasteiger partial charge >= 0.3 is 5.97 Å². The Morgan fingerprint density at radius 3 is 2.38 bits per heavy atom. The Bertz CT molecular complexity index is 1350. The summed E-state index contributed by atoms with van der Waals surface area (Å²) in [6.07, 6.45) is -1.05. The van der Waals surface area contributed by atoms with Gasteiger partial charge in [-0.1, -0.05) is 41.4 Å². The van der Waals surface area contributed by atoms with Crippen molar-refractivity contribution in [2.24, 2.45) is 0 Å². The number of halogens is 2. The van der Waals surface area contributed by atoms with Gasteiger partial charge in [-0.25, -0.2) is 4.79 Å². The second kappa shape index (κ2) is 10.1. The summed E-state index contributed by atoms with van der Waals surface area (Å²) in [6, 6.07) is 18.8. The van der Waals surface area contributed by atoms with Crippen molar-refractivity contribution < 1.29 is 18.7 Å². The first-order valence-electron chi connectivity index (χ1n) is 10.3. The first-order valence-corrected chi connectivity index (χ1v) is 11.0. The van der Waals surface area contributed by atoms with Crippen molar-refractivity contribution in [1.29, 1.82) is 0 Å². The summed E-state index contributed by atoms with van der Waals surface area (Å²) in [5.41, 5.74) is 3.16. The predicted octanol–water partition coefficient (Wildman–Crippen LogP) is 6.20. The van der Waals surface area contributed by atoms with Gasteiger partial charge in [-0.2, -0.15) is 0 Å². The highest BCUT2D eigenvalue weighted by Gasteiger charge is 2.20.